The molecule has 0 bridgehead atoms. The van der Waals surface area contributed by atoms with E-state index in [1.807, 2.05) is 33.9 Å². The maximum absolute atomic E-state index is 13.8. The average Bonchev–Trinajstić information content (AvgIpc) is 3.18. The van der Waals surface area contributed by atoms with Gasteiger partial charge in [0.05, 0.1) is 22.6 Å². The van der Waals surface area contributed by atoms with Gasteiger partial charge < -0.3 is 10.6 Å². The van der Waals surface area contributed by atoms with E-state index >= 15 is 0 Å². The highest BCUT2D eigenvalue weighted by Crippen LogP contribution is 2.33. The first-order valence-electron chi connectivity index (χ1n) is 10.2. The Morgan fingerprint density at radius 2 is 1.70 bits per heavy atom. The van der Waals surface area contributed by atoms with Crippen molar-refractivity contribution in [3.8, 4) is 5.69 Å². The van der Waals surface area contributed by atoms with Gasteiger partial charge in [-0.15, -0.1) is 24.0 Å². The van der Waals surface area contributed by atoms with Crippen molar-refractivity contribution in [1.29, 1.82) is 0 Å². The number of halogens is 4. The molecular weight excluding hydrogens is 546 g/mol. The van der Waals surface area contributed by atoms with Crippen LogP contribution >= 0.6 is 24.0 Å². The van der Waals surface area contributed by atoms with Gasteiger partial charge in [-0.1, -0.05) is 6.07 Å². The fourth-order valence-electron chi connectivity index (χ4n) is 3.65. The number of hydrogen-bond donors (Lipinski definition) is 2. The molecule has 0 saturated heterocycles. The molecule has 0 unspecified atom stereocenters. The molecule has 7 nitrogen and oxygen atoms in total. The fraction of sp³-hybridized carbons (Fsp3) is 0.409. The second-order valence-corrected chi connectivity index (χ2v) is 7.73. The van der Waals surface area contributed by atoms with Crippen molar-refractivity contribution in [2.75, 3.05) is 7.05 Å². The zero-order chi connectivity index (χ0) is 23.6. The predicted molar refractivity (Wildman–Crippen MR) is 133 cm³/mol. The Morgan fingerprint density at radius 1 is 1.03 bits per heavy atom. The maximum Gasteiger partial charge on any atom is 0.416 e. The smallest absolute Gasteiger partial charge is 0.352 e. The third-order valence-corrected chi connectivity index (χ3v) is 5.41. The fourth-order valence-corrected chi connectivity index (χ4v) is 3.65. The van der Waals surface area contributed by atoms with E-state index in [2.05, 4.69) is 25.8 Å². The van der Waals surface area contributed by atoms with Gasteiger partial charge in [0.1, 0.15) is 0 Å². The zero-order valence-corrected chi connectivity index (χ0v) is 21.8. The SMILES string of the molecule is CN=C(NCc1ccc(-n2nc(C)cc2C)cc1C(F)(F)F)NCc1c(C)nn(C)c1C.I. The minimum Gasteiger partial charge on any atom is -0.352 e. The lowest BCUT2D eigenvalue weighted by Crippen LogP contribution is -2.37. The van der Waals surface area contributed by atoms with Crippen LogP contribution in [-0.4, -0.2) is 32.6 Å². The summed E-state index contributed by atoms with van der Waals surface area (Å²) in [6.45, 7) is 7.93. The van der Waals surface area contributed by atoms with Gasteiger partial charge in [0, 0.05) is 44.1 Å². The third kappa shape index (κ3) is 6.06. The van der Waals surface area contributed by atoms with Crippen molar-refractivity contribution >= 4 is 29.9 Å². The lowest BCUT2D eigenvalue weighted by atomic mass is 10.1. The minimum atomic E-state index is -4.50. The molecular formula is C22H29F3IN7. The van der Waals surface area contributed by atoms with Crippen molar-refractivity contribution in [3.05, 3.63) is 63.7 Å². The van der Waals surface area contributed by atoms with Crippen LogP contribution in [0.2, 0.25) is 0 Å². The van der Waals surface area contributed by atoms with Crippen molar-refractivity contribution in [2.45, 2.75) is 47.0 Å². The number of hydrogen-bond acceptors (Lipinski definition) is 3. The van der Waals surface area contributed by atoms with Crippen molar-refractivity contribution in [3.63, 3.8) is 0 Å². The minimum absolute atomic E-state index is 0. The van der Waals surface area contributed by atoms with Gasteiger partial charge in [-0.25, -0.2) is 4.68 Å². The number of aromatic nitrogens is 4. The number of aliphatic imine (C=N–C) groups is 1. The lowest BCUT2D eigenvalue weighted by Gasteiger charge is -2.17. The number of nitrogens with zero attached hydrogens (tertiary/aromatic N) is 5. The van der Waals surface area contributed by atoms with E-state index in [0.717, 1.165) is 34.4 Å². The molecule has 3 aromatic rings. The van der Waals surface area contributed by atoms with Gasteiger partial charge >= 0.3 is 6.18 Å². The molecule has 0 saturated carbocycles. The zero-order valence-electron chi connectivity index (χ0n) is 19.5. The summed E-state index contributed by atoms with van der Waals surface area (Å²) in [5, 5.41) is 14.8. The average molecular weight is 575 g/mol. The Kier molecular flexibility index (Phi) is 8.55. The van der Waals surface area contributed by atoms with Gasteiger partial charge in [0.2, 0.25) is 0 Å². The van der Waals surface area contributed by atoms with Crippen LogP contribution in [0.15, 0.2) is 29.3 Å². The number of rotatable bonds is 5. The van der Waals surface area contributed by atoms with Crippen LogP contribution in [0.4, 0.5) is 13.2 Å². The summed E-state index contributed by atoms with van der Waals surface area (Å²) >= 11 is 0. The summed E-state index contributed by atoms with van der Waals surface area (Å²) in [6.07, 6.45) is -4.50. The van der Waals surface area contributed by atoms with Crippen LogP contribution in [0.25, 0.3) is 5.69 Å². The van der Waals surface area contributed by atoms with Crippen LogP contribution in [0.1, 0.15) is 39.5 Å². The van der Waals surface area contributed by atoms with Gasteiger partial charge in [0.25, 0.3) is 0 Å². The molecule has 0 aliphatic carbocycles. The molecule has 0 atom stereocenters. The number of guanidine groups is 1. The summed E-state index contributed by atoms with van der Waals surface area (Å²) < 4.78 is 44.7. The second kappa shape index (κ2) is 10.6. The van der Waals surface area contributed by atoms with Crippen molar-refractivity contribution in [2.24, 2.45) is 12.0 Å². The number of alkyl halides is 3. The number of nitrogens with one attached hydrogen (secondary N) is 2. The molecule has 2 aromatic heterocycles. The Hall–Kier alpha value is -2.57. The summed E-state index contributed by atoms with van der Waals surface area (Å²) in [5.74, 6) is 0.406. The summed E-state index contributed by atoms with van der Waals surface area (Å²) in [7, 11) is 3.45. The number of benzene rings is 1. The van der Waals surface area contributed by atoms with E-state index in [9.17, 15) is 13.2 Å². The number of aryl methyl sites for hydroxylation is 4. The molecule has 0 aliphatic heterocycles. The quantitative estimate of drug-likeness (QED) is 0.270. The molecule has 2 N–H and O–H groups in total. The molecule has 11 heteroatoms. The standard InChI is InChI=1S/C22H28F3N7.HI/c1-13-9-14(2)32(29-13)18-8-7-17(20(10-18)22(23,24)25)11-27-21(26-5)28-12-19-15(3)30-31(6)16(19)4;/h7-10H,11-12H2,1-6H3,(H2,26,27,28);1H. The first-order valence-corrected chi connectivity index (χ1v) is 10.2. The molecule has 0 amide bonds. The van der Waals surface area contributed by atoms with E-state index in [-0.39, 0.29) is 36.1 Å². The Balaban J connectivity index is 0.00000385. The van der Waals surface area contributed by atoms with Crippen LogP contribution < -0.4 is 10.6 Å². The second-order valence-electron chi connectivity index (χ2n) is 7.73. The van der Waals surface area contributed by atoms with Crippen LogP contribution in [0.5, 0.6) is 0 Å². The van der Waals surface area contributed by atoms with E-state index in [0.29, 0.717) is 18.2 Å². The Morgan fingerprint density at radius 3 is 2.21 bits per heavy atom. The van der Waals surface area contributed by atoms with E-state index in [1.165, 1.54) is 10.7 Å². The van der Waals surface area contributed by atoms with E-state index < -0.39 is 11.7 Å². The van der Waals surface area contributed by atoms with Crippen LogP contribution in [0.3, 0.4) is 0 Å². The van der Waals surface area contributed by atoms with Crippen molar-refractivity contribution < 1.29 is 13.2 Å². The lowest BCUT2D eigenvalue weighted by molar-refractivity contribution is -0.138. The summed E-state index contributed by atoms with van der Waals surface area (Å²) in [5.41, 5.74) is 4.25. The van der Waals surface area contributed by atoms with Crippen molar-refractivity contribution in [1.82, 2.24) is 30.2 Å². The highest BCUT2D eigenvalue weighted by Gasteiger charge is 2.34. The molecule has 0 aliphatic rings. The first kappa shape index (κ1) is 26.7. The van der Waals surface area contributed by atoms with Gasteiger partial charge in [-0.05, 0) is 51.5 Å². The molecule has 3 rings (SSSR count). The molecule has 0 fully saturated rings. The predicted octanol–water partition coefficient (Wildman–Crippen LogP) is 4.34. The van der Waals surface area contributed by atoms with Crippen LogP contribution in [-0.2, 0) is 26.3 Å². The van der Waals surface area contributed by atoms with E-state index in [4.69, 9.17) is 0 Å². The molecule has 1 aromatic carbocycles. The van der Waals surface area contributed by atoms with Crippen LogP contribution in [0, 0.1) is 27.7 Å². The third-order valence-electron chi connectivity index (χ3n) is 5.41. The first-order chi connectivity index (χ1) is 15.0. The van der Waals surface area contributed by atoms with Gasteiger partial charge in [0.15, 0.2) is 5.96 Å². The normalized spacial score (nSPS) is 12.0. The topological polar surface area (TPSA) is 72.1 Å². The summed E-state index contributed by atoms with van der Waals surface area (Å²) in [6, 6.07) is 6.08. The summed E-state index contributed by atoms with van der Waals surface area (Å²) in [4.78, 5) is 4.13. The Labute approximate surface area is 208 Å². The Bertz CT molecular complexity index is 1150. The molecule has 0 radical (unpaired) electrons. The monoisotopic (exact) mass is 575 g/mol. The molecule has 33 heavy (non-hydrogen) atoms. The van der Waals surface area contributed by atoms with Gasteiger partial charge in [-0.2, -0.15) is 23.4 Å². The highest BCUT2D eigenvalue weighted by atomic mass is 127. The highest BCUT2D eigenvalue weighted by molar-refractivity contribution is 14.0. The molecule has 2 heterocycles. The molecule has 180 valence electrons. The largest absolute Gasteiger partial charge is 0.416 e. The molecule has 0 spiro atoms. The maximum atomic E-state index is 13.8. The van der Waals surface area contributed by atoms with Gasteiger partial charge in [-0.3, -0.25) is 9.67 Å². The van der Waals surface area contributed by atoms with E-state index in [1.54, 1.807) is 24.7 Å².